The van der Waals surface area contributed by atoms with E-state index in [2.05, 4.69) is 10.3 Å². The first kappa shape index (κ1) is 20.4. The van der Waals surface area contributed by atoms with Crippen molar-refractivity contribution in [3.63, 3.8) is 0 Å². The minimum atomic E-state index is -3.76. The standard InChI is InChI=1S/C18H17ClN4O3S2/c1-12-15(19)3-2-4-16(12)23-10-9-21-18(23)27-11-17(24)22-13-5-7-14(8-6-13)28(20,25)26/h2-10H,11H2,1H3,(H,22,24)(H2,20,25,26). The second-order valence-electron chi connectivity index (χ2n) is 5.87. The highest BCUT2D eigenvalue weighted by molar-refractivity contribution is 7.99. The van der Waals surface area contributed by atoms with Gasteiger partial charge in [-0.15, -0.1) is 0 Å². The van der Waals surface area contributed by atoms with Crippen LogP contribution >= 0.6 is 23.4 Å². The molecule has 0 unspecified atom stereocenters. The largest absolute Gasteiger partial charge is 0.325 e. The molecule has 0 spiro atoms. The maximum Gasteiger partial charge on any atom is 0.238 e. The molecule has 0 radical (unpaired) electrons. The van der Waals surface area contributed by atoms with Gasteiger partial charge in [0.05, 0.1) is 16.3 Å². The number of halogens is 1. The van der Waals surface area contributed by atoms with Gasteiger partial charge in [-0.25, -0.2) is 18.5 Å². The number of nitrogens with two attached hydrogens (primary N) is 1. The van der Waals surface area contributed by atoms with Gasteiger partial charge in [0.1, 0.15) is 0 Å². The number of imidazole rings is 1. The van der Waals surface area contributed by atoms with Crippen molar-refractivity contribution in [1.29, 1.82) is 0 Å². The fourth-order valence-electron chi connectivity index (χ4n) is 2.49. The average molecular weight is 437 g/mol. The monoisotopic (exact) mass is 436 g/mol. The van der Waals surface area contributed by atoms with Crippen LogP contribution < -0.4 is 10.5 Å². The van der Waals surface area contributed by atoms with Crippen molar-refractivity contribution >= 4 is 45.0 Å². The maximum atomic E-state index is 12.2. The van der Waals surface area contributed by atoms with Gasteiger partial charge in [0, 0.05) is 23.1 Å². The zero-order valence-electron chi connectivity index (χ0n) is 14.8. The molecule has 28 heavy (non-hydrogen) atoms. The smallest absolute Gasteiger partial charge is 0.238 e. The molecule has 0 saturated heterocycles. The molecule has 146 valence electrons. The third kappa shape index (κ3) is 4.74. The van der Waals surface area contributed by atoms with Crippen LogP contribution in [0.5, 0.6) is 0 Å². The van der Waals surface area contributed by atoms with E-state index in [9.17, 15) is 13.2 Å². The van der Waals surface area contributed by atoms with Gasteiger partial charge in [0.15, 0.2) is 5.16 Å². The van der Waals surface area contributed by atoms with Crippen molar-refractivity contribution in [2.24, 2.45) is 5.14 Å². The van der Waals surface area contributed by atoms with Crippen LogP contribution in [0.3, 0.4) is 0 Å². The van der Waals surface area contributed by atoms with E-state index < -0.39 is 10.0 Å². The number of hydrogen-bond donors (Lipinski definition) is 2. The Hall–Kier alpha value is -2.33. The first-order valence-corrected chi connectivity index (χ1v) is 11.0. The second kappa shape index (κ2) is 8.36. The molecule has 1 amide bonds. The predicted molar refractivity (Wildman–Crippen MR) is 110 cm³/mol. The van der Waals surface area contributed by atoms with E-state index in [4.69, 9.17) is 16.7 Å². The number of benzene rings is 2. The van der Waals surface area contributed by atoms with Crippen LogP contribution in [0.1, 0.15) is 5.56 Å². The number of rotatable bonds is 6. The van der Waals surface area contributed by atoms with Gasteiger partial charge >= 0.3 is 0 Å². The molecule has 0 aliphatic rings. The minimum absolute atomic E-state index is 0.0150. The first-order valence-electron chi connectivity index (χ1n) is 8.10. The first-order chi connectivity index (χ1) is 13.3. The third-order valence-corrected chi connectivity index (χ3v) is 6.21. The lowest BCUT2D eigenvalue weighted by molar-refractivity contribution is -0.113. The molecule has 1 heterocycles. The number of hydrogen-bond acceptors (Lipinski definition) is 5. The van der Waals surface area contributed by atoms with Crippen LogP contribution in [0.4, 0.5) is 5.69 Å². The lowest BCUT2D eigenvalue weighted by atomic mass is 10.2. The van der Waals surface area contributed by atoms with E-state index >= 15 is 0 Å². The number of nitrogens with one attached hydrogen (secondary N) is 1. The highest BCUT2D eigenvalue weighted by Crippen LogP contribution is 2.26. The Morgan fingerprint density at radius 2 is 1.96 bits per heavy atom. The number of carbonyl (C=O) groups excluding carboxylic acids is 1. The summed E-state index contributed by atoms with van der Waals surface area (Å²) in [6.07, 6.45) is 3.47. The predicted octanol–water partition coefficient (Wildman–Crippen LogP) is 3.21. The number of primary sulfonamides is 1. The lowest BCUT2D eigenvalue weighted by Crippen LogP contribution is -2.15. The van der Waals surface area contributed by atoms with Crippen LogP contribution in [0.15, 0.2) is 64.9 Å². The molecular weight excluding hydrogens is 420 g/mol. The highest BCUT2D eigenvalue weighted by atomic mass is 35.5. The lowest BCUT2D eigenvalue weighted by Gasteiger charge is -2.11. The van der Waals surface area contributed by atoms with Crippen molar-refractivity contribution in [1.82, 2.24) is 9.55 Å². The number of nitrogens with zero attached hydrogens (tertiary/aromatic N) is 2. The van der Waals surface area contributed by atoms with Crippen LogP contribution in [0.2, 0.25) is 5.02 Å². The van der Waals surface area contributed by atoms with Crippen molar-refractivity contribution in [3.05, 3.63) is 65.4 Å². The summed E-state index contributed by atoms with van der Waals surface area (Å²) in [6.45, 7) is 1.92. The molecule has 10 heteroatoms. The number of aromatic nitrogens is 2. The van der Waals surface area contributed by atoms with Gasteiger partial charge in [-0.1, -0.05) is 29.4 Å². The summed E-state index contributed by atoms with van der Waals surface area (Å²) >= 11 is 7.47. The fourth-order valence-corrected chi connectivity index (χ4v) is 3.94. The van der Waals surface area contributed by atoms with E-state index in [-0.39, 0.29) is 16.6 Å². The van der Waals surface area contributed by atoms with Crippen LogP contribution in [0, 0.1) is 6.92 Å². The maximum absolute atomic E-state index is 12.2. The van der Waals surface area contributed by atoms with E-state index in [0.29, 0.717) is 15.9 Å². The van der Waals surface area contributed by atoms with Crippen LogP contribution in [-0.2, 0) is 14.8 Å². The molecule has 3 rings (SSSR count). The number of anilines is 1. The summed E-state index contributed by atoms with van der Waals surface area (Å²) in [5.74, 6) is -0.112. The van der Waals surface area contributed by atoms with Gasteiger partial charge in [0.25, 0.3) is 0 Å². The van der Waals surface area contributed by atoms with E-state index in [0.717, 1.165) is 11.3 Å². The SMILES string of the molecule is Cc1c(Cl)cccc1-n1ccnc1SCC(=O)Nc1ccc(S(N)(=O)=O)cc1. The Labute approximate surface area is 172 Å². The van der Waals surface area contributed by atoms with E-state index in [1.807, 2.05) is 35.9 Å². The van der Waals surface area contributed by atoms with Crippen molar-refractivity contribution < 1.29 is 13.2 Å². The highest BCUT2D eigenvalue weighted by Gasteiger charge is 2.12. The van der Waals surface area contributed by atoms with Crippen molar-refractivity contribution in [3.8, 4) is 5.69 Å². The van der Waals surface area contributed by atoms with Crippen LogP contribution in [-0.4, -0.2) is 29.6 Å². The van der Waals surface area contributed by atoms with E-state index in [1.54, 1.807) is 6.20 Å². The van der Waals surface area contributed by atoms with E-state index in [1.165, 1.54) is 36.0 Å². The van der Waals surface area contributed by atoms with Crippen LogP contribution in [0.25, 0.3) is 5.69 Å². The number of amides is 1. The van der Waals surface area contributed by atoms with Gasteiger partial charge in [0.2, 0.25) is 15.9 Å². The Morgan fingerprint density at radius 1 is 1.25 bits per heavy atom. The third-order valence-electron chi connectivity index (χ3n) is 3.90. The Balaban J connectivity index is 1.66. The summed E-state index contributed by atoms with van der Waals surface area (Å²) in [4.78, 5) is 16.5. The minimum Gasteiger partial charge on any atom is -0.325 e. The summed E-state index contributed by atoms with van der Waals surface area (Å²) in [5, 5.41) is 9.08. The van der Waals surface area contributed by atoms with Crippen molar-refractivity contribution in [2.75, 3.05) is 11.1 Å². The molecule has 0 atom stereocenters. The fraction of sp³-hybridized carbons (Fsp3) is 0.111. The molecule has 3 N–H and O–H groups in total. The number of thioether (sulfide) groups is 1. The summed E-state index contributed by atoms with van der Waals surface area (Å²) in [6, 6.07) is 11.3. The molecule has 0 saturated carbocycles. The number of sulfonamides is 1. The Morgan fingerprint density at radius 3 is 2.64 bits per heavy atom. The zero-order chi connectivity index (χ0) is 20.3. The molecule has 0 aliphatic carbocycles. The molecular formula is C18H17ClN4O3S2. The number of carbonyl (C=O) groups is 1. The molecule has 0 fully saturated rings. The summed E-state index contributed by atoms with van der Waals surface area (Å²) in [5.41, 5.74) is 2.29. The van der Waals surface area contributed by atoms with Gasteiger partial charge in [-0.3, -0.25) is 9.36 Å². The van der Waals surface area contributed by atoms with Gasteiger partial charge in [-0.05, 0) is 48.9 Å². The molecule has 3 aromatic rings. The molecule has 2 aromatic carbocycles. The van der Waals surface area contributed by atoms with Gasteiger partial charge < -0.3 is 5.32 Å². The second-order valence-corrected chi connectivity index (χ2v) is 8.78. The zero-order valence-corrected chi connectivity index (χ0v) is 17.2. The quantitative estimate of drug-likeness (QED) is 0.577. The Kier molecular flexibility index (Phi) is 6.09. The molecule has 0 bridgehead atoms. The van der Waals surface area contributed by atoms with Crippen molar-refractivity contribution in [2.45, 2.75) is 17.0 Å². The topological polar surface area (TPSA) is 107 Å². The molecule has 0 aliphatic heterocycles. The normalized spacial score (nSPS) is 11.4. The average Bonchev–Trinajstić information content (AvgIpc) is 3.10. The summed E-state index contributed by atoms with van der Waals surface area (Å²) in [7, 11) is -3.76. The summed E-state index contributed by atoms with van der Waals surface area (Å²) < 4.78 is 24.4. The molecule has 1 aromatic heterocycles. The molecule has 7 nitrogen and oxygen atoms in total. The van der Waals surface area contributed by atoms with Gasteiger partial charge in [-0.2, -0.15) is 0 Å². The Bertz CT molecular complexity index is 1110.